The molecule has 1 saturated carbocycles. The number of benzene rings is 2. The molecule has 0 bridgehead atoms. The zero-order valence-corrected chi connectivity index (χ0v) is 22.9. The van der Waals surface area contributed by atoms with Gasteiger partial charge in [0.05, 0.1) is 10.6 Å². The minimum absolute atomic E-state index is 0.00469. The van der Waals surface area contributed by atoms with E-state index in [1.54, 1.807) is 13.2 Å². The van der Waals surface area contributed by atoms with Gasteiger partial charge in [0.2, 0.25) is 5.91 Å². The molecule has 1 saturated heterocycles. The highest BCUT2D eigenvalue weighted by molar-refractivity contribution is 6.32. The van der Waals surface area contributed by atoms with Gasteiger partial charge in [-0.2, -0.15) is 0 Å². The van der Waals surface area contributed by atoms with Crippen molar-refractivity contribution in [2.24, 2.45) is 17.6 Å². The van der Waals surface area contributed by atoms with Crippen molar-refractivity contribution in [1.82, 2.24) is 4.90 Å². The Hall–Kier alpha value is -2.12. The van der Waals surface area contributed by atoms with Crippen molar-refractivity contribution in [3.63, 3.8) is 0 Å². The molecule has 1 heterocycles. The Labute approximate surface area is 226 Å². The van der Waals surface area contributed by atoms with Crippen molar-refractivity contribution in [3.8, 4) is 11.5 Å². The number of nitrogens with zero attached hydrogens (tertiary/aromatic N) is 1. The van der Waals surface area contributed by atoms with E-state index in [4.69, 9.17) is 26.8 Å². The molecule has 3 N–H and O–H groups in total. The topological polar surface area (TPSA) is 85.0 Å². The van der Waals surface area contributed by atoms with E-state index in [2.05, 4.69) is 0 Å². The highest BCUT2D eigenvalue weighted by Crippen LogP contribution is 2.47. The summed E-state index contributed by atoms with van der Waals surface area (Å²) in [6, 6.07) is 13.5. The molecule has 2 aromatic carbocycles. The van der Waals surface area contributed by atoms with Crippen LogP contribution < -0.4 is 10.5 Å². The number of carbonyl (C=O) groups excluding carboxylic acids is 1. The van der Waals surface area contributed by atoms with Crippen molar-refractivity contribution in [3.05, 3.63) is 58.6 Å². The van der Waals surface area contributed by atoms with E-state index in [1.807, 2.05) is 48.2 Å². The minimum Gasteiger partial charge on any atom is -0.455 e. The molecule has 0 aromatic heterocycles. The lowest BCUT2D eigenvalue weighted by atomic mass is 9.73. The first-order valence-electron chi connectivity index (χ1n) is 13.6. The molecule has 4 atom stereocenters. The molecule has 1 amide bonds. The second-order valence-corrected chi connectivity index (χ2v) is 11.2. The van der Waals surface area contributed by atoms with Gasteiger partial charge in [-0.25, -0.2) is 0 Å². The molecule has 1 aliphatic carbocycles. The van der Waals surface area contributed by atoms with Gasteiger partial charge < -0.3 is 25.2 Å². The molecule has 202 valence electrons. The molecule has 2 aliphatic rings. The number of para-hydroxylation sites is 1. The summed E-state index contributed by atoms with van der Waals surface area (Å²) >= 11 is 6.69. The van der Waals surface area contributed by atoms with E-state index in [1.165, 1.54) is 0 Å². The van der Waals surface area contributed by atoms with E-state index in [9.17, 15) is 9.90 Å². The van der Waals surface area contributed by atoms with Crippen LogP contribution in [0.25, 0.3) is 0 Å². The maximum absolute atomic E-state index is 13.4. The summed E-state index contributed by atoms with van der Waals surface area (Å²) in [7, 11) is 1.69. The number of methoxy groups -OCH3 is 1. The Morgan fingerprint density at radius 1 is 1.19 bits per heavy atom. The van der Waals surface area contributed by atoms with Crippen LogP contribution in [0.5, 0.6) is 11.5 Å². The molecule has 0 radical (unpaired) electrons. The summed E-state index contributed by atoms with van der Waals surface area (Å²) in [6.07, 6.45) is 6.33. The Morgan fingerprint density at radius 3 is 2.73 bits per heavy atom. The van der Waals surface area contributed by atoms with E-state index in [0.717, 1.165) is 57.1 Å². The number of halogens is 1. The number of aliphatic hydroxyl groups is 1. The number of hydrogen-bond donors (Lipinski definition) is 2. The highest BCUT2D eigenvalue weighted by Gasteiger charge is 2.44. The summed E-state index contributed by atoms with van der Waals surface area (Å²) in [5.41, 5.74) is 6.65. The third-order valence-corrected chi connectivity index (χ3v) is 8.33. The zero-order chi connectivity index (χ0) is 26.4. The molecule has 0 spiro atoms. The monoisotopic (exact) mass is 528 g/mol. The first-order chi connectivity index (χ1) is 17.8. The van der Waals surface area contributed by atoms with Gasteiger partial charge in [0.1, 0.15) is 5.75 Å². The standard InChI is InChI=1S/C30H41ClN2O4/c1-21-8-5-10-25(18-21)37-28-26(11-6-12-27(28)31)30(35,15-3-4-17-36-2)23-9-7-16-33(20-23)29(34)22-13-14-24(32)19-22/h5-6,8,10-12,18,22-24,35H,3-4,7,9,13-17,19-20,32H2,1-2H3/t22-,23-,24+,30+/m1/s1. The number of carbonyl (C=O) groups is 1. The van der Waals surface area contributed by atoms with Crippen LogP contribution in [0.3, 0.4) is 0 Å². The number of ether oxygens (including phenoxy) is 2. The van der Waals surface area contributed by atoms with Gasteiger partial charge >= 0.3 is 0 Å². The van der Waals surface area contributed by atoms with E-state index >= 15 is 0 Å². The van der Waals surface area contributed by atoms with Crippen molar-refractivity contribution >= 4 is 17.5 Å². The van der Waals surface area contributed by atoms with Crippen LogP contribution in [0.4, 0.5) is 0 Å². The SMILES string of the molecule is COCCCC[C@@](O)(c1cccc(Cl)c1Oc1cccc(C)c1)[C@@H]1CCCN(C(=O)[C@@H]2CC[C@H](N)C2)C1. The zero-order valence-electron chi connectivity index (χ0n) is 22.1. The minimum atomic E-state index is -1.21. The van der Waals surface area contributed by atoms with E-state index in [-0.39, 0.29) is 23.8 Å². The normalized spacial score (nSPS) is 23.6. The summed E-state index contributed by atoms with van der Waals surface area (Å²) < 4.78 is 11.6. The fourth-order valence-corrected chi connectivity index (χ4v) is 6.23. The average molecular weight is 529 g/mol. The molecule has 0 unspecified atom stereocenters. The third-order valence-electron chi connectivity index (χ3n) is 8.03. The van der Waals surface area contributed by atoms with Crippen molar-refractivity contribution in [2.75, 3.05) is 26.8 Å². The van der Waals surface area contributed by atoms with Gasteiger partial charge in [-0.05, 0) is 82.1 Å². The maximum Gasteiger partial charge on any atom is 0.225 e. The van der Waals surface area contributed by atoms with Crippen LogP contribution in [0.1, 0.15) is 62.5 Å². The molecule has 4 rings (SSSR count). The van der Waals surface area contributed by atoms with Gasteiger partial charge in [0.25, 0.3) is 0 Å². The number of amides is 1. The lowest BCUT2D eigenvalue weighted by Gasteiger charge is -2.44. The predicted molar refractivity (Wildman–Crippen MR) is 147 cm³/mol. The number of hydrogen-bond acceptors (Lipinski definition) is 5. The van der Waals surface area contributed by atoms with Crippen LogP contribution in [0.2, 0.25) is 5.02 Å². The number of likely N-dealkylation sites (tertiary alicyclic amines) is 1. The summed E-state index contributed by atoms with van der Waals surface area (Å²) in [5.74, 6) is 1.20. The fraction of sp³-hybridized carbons (Fsp3) is 0.567. The molecule has 1 aliphatic heterocycles. The number of aryl methyl sites for hydroxylation is 1. The van der Waals surface area contributed by atoms with Gasteiger partial charge in [0, 0.05) is 50.2 Å². The molecule has 2 aromatic rings. The van der Waals surface area contributed by atoms with Crippen LogP contribution in [-0.2, 0) is 15.1 Å². The lowest BCUT2D eigenvalue weighted by Crippen LogP contribution is -2.49. The van der Waals surface area contributed by atoms with Gasteiger partial charge in [-0.15, -0.1) is 0 Å². The smallest absolute Gasteiger partial charge is 0.225 e. The average Bonchev–Trinajstić information content (AvgIpc) is 3.33. The fourth-order valence-electron chi connectivity index (χ4n) is 6.02. The lowest BCUT2D eigenvalue weighted by molar-refractivity contribution is -0.141. The third kappa shape index (κ3) is 6.66. The number of unbranched alkanes of at least 4 members (excludes halogenated alkanes) is 1. The Balaban J connectivity index is 1.65. The van der Waals surface area contributed by atoms with E-state index in [0.29, 0.717) is 41.7 Å². The van der Waals surface area contributed by atoms with Crippen molar-refractivity contribution in [1.29, 1.82) is 0 Å². The quantitative estimate of drug-likeness (QED) is 0.380. The first-order valence-corrected chi connectivity index (χ1v) is 14.0. The van der Waals surface area contributed by atoms with Crippen LogP contribution in [0.15, 0.2) is 42.5 Å². The van der Waals surface area contributed by atoms with Crippen LogP contribution in [0, 0.1) is 18.8 Å². The Morgan fingerprint density at radius 2 is 2.00 bits per heavy atom. The summed E-state index contributed by atoms with van der Waals surface area (Å²) in [6.45, 7) is 3.89. The van der Waals surface area contributed by atoms with Crippen molar-refractivity contribution in [2.45, 2.75) is 69.9 Å². The largest absolute Gasteiger partial charge is 0.455 e. The molecule has 2 fully saturated rings. The van der Waals surface area contributed by atoms with Crippen molar-refractivity contribution < 1.29 is 19.4 Å². The second-order valence-electron chi connectivity index (χ2n) is 10.8. The van der Waals surface area contributed by atoms with E-state index < -0.39 is 5.60 Å². The number of piperidine rings is 1. The second kappa shape index (κ2) is 12.6. The molecular formula is C30H41ClN2O4. The predicted octanol–water partition coefficient (Wildman–Crippen LogP) is 5.81. The van der Waals surface area contributed by atoms with Gasteiger partial charge in [0.15, 0.2) is 5.75 Å². The number of nitrogens with two attached hydrogens (primary N) is 1. The summed E-state index contributed by atoms with van der Waals surface area (Å²) in [4.78, 5) is 15.3. The number of rotatable bonds is 10. The van der Waals surface area contributed by atoms with Crippen LogP contribution >= 0.6 is 11.6 Å². The molecule has 7 heteroatoms. The molecule has 37 heavy (non-hydrogen) atoms. The molecule has 6 nitrogen and oxygen atoms in total. The Kier molecular flexibility index (Phi) is 9.51. The molecular weight excluding hydrogens is 488 g/mol. The highest BCUT2D eigenvalue weighted by atomic mass is 35.5. The van der Waals surface area contributed by atoms with Gasteiger partial charge in [-0.1, -0.05) is 35.9 Å². The Bertz CT molecular complexity index is 1060. The maximum atomic E-state index is 13.4. The summed E-state index contributed by atoms with van der Waals surface area (Å²) in [5, 5.41) is 13.0. The first kappa shape index (κ1) is 27.9. The van der Waals surface area contributed by atoms with Crippen LogP contribution in [-0.4, -0.2) is 48.8 Å². The van der Waals surface area contributed by atoms with Gasteiger partial charge in [-0.3, -0.25) is 4.79 Å².